The van der Waals surface area contributed by atoms with Crippen molar-refractivity contribution in [3.63, 3.8) is 0 Å². The van der Waals surface area contributed by atoms with Gasteiger partial charge in [-0.15, -0.1) is 0 Å². The van der Waals surface area contributed by atoms with E-state index < -0.39 is 5.97 Å². The van der Waals surface area contributed by atoms with Crippen LogP contribution in [0.15, 0.2) is 6.20 Å². The fourth-order valence-corrected chi connectivity index (χ4v) is 2.40. The number of rotatable bonds is 5. The summed E-state index contributed by atoms with van der Waals surface area (Å²) in [5, 5.41) is 4.15. The predicted molar refractivity (Wildman–Crippen MR) is 73.0 cm³/mol. The first-order chi connectivity index (χ1) is 9.52. The van der Waals surface area contributed by atoms with Gasteiger partial charge in [-0.1, -0.05) is 0 Å². The number of aryl methyl sites for hydroxylation is 1. The molecule has 20 heavy (non-hydrogen) atoms. The molecule has 1 aliphatic rings. The number of hydrogen-bond donors (Lipinski definition) is 0. The molecule has 110 valence electrons. The fraction of sp³-hybridized carbons (Fsp3) is 0.643. The first-order valence-corrected chi connectivity index (χ1v) is 6.99. The van der Waals surface area contributed by atoms with Crippen LogP contribution >= 0.6 is 0 Å². The minimum atomic E-state index is -0.430. The second kappa shape index (κ2) is 6.07. The van der Waals surface area contributed by atoms with Gasteiger partial charge in [0.15, 0.2) is 5.69 Å². The van der Waals surface area contributed by atoms with Gasteiger partial charge in [0.05, 0.1) is 6.61 Å². The summed E-state index contributed by atoms with van der Waals surface area (Å²) in [7, 11) is 1.76. The Hall–Kier alpha value is -1.85. The summed E-state index contributed by atoms with van der Waals surface area (Å²) >= 11 is 0. The molecule has 0 saturated heterocycles. The molecule has 2 rings (SSSR count). The summed E-state index contributed by atoms with van der Waals surface area (Å²) in [5.74, 6) is -0.395. The molecule has 0 N–H and O–H groups in total. The Labute approximate surface area is 118 Å². The highest BCUT2D eigenvalue weighted by Gasteiger charge is 2.29. The van der Waals surface area contributed by atoms with Crippen LogP contribution in [-0.4, -0.2) is 39.2 Å². The maximum atomic E-state index is 11.9. The molecule has 6 nitrogen and oxygen atoms in total. The van der Waals surface area contributed by atoms with Gasteiger partial charge in [-0.25, -0.2) is 4.79 Å². The maximum absolute atomic E-state index is 11.9. The maximum Gasteiger partial charge on any atom is 0.359 e. The summed E-state index contributed by atoms with van der Waals surface area (Å²) in [5.41, 5.74) is 1.05. The Morgan fingerprint density at radius 1 is 1.50 bits per heavy atom. The minimum Gasteiger partial charge on any atom is -0.461 e. The van der Waals surface area contributed by atoms with Gasteiger partial charge < -0.3 is 9.64 Å². The van der Waals surface area contributed by atoms with Crippen molar-refractivity contribution in [2.24, 2.45) is 7.05 Å². The number of hydrogen-bond acceptors (Lipinski definition) is 4. The van der Waals surface area contributed by atoms with Gasteiger partial charge in [0.25, 0.3) is 0 Å². The zero-order chi connectivity index (χ0) is 14.7. The van der Waals surface area contributed by atoms with Gasteiger partial charge in [-0.05, 0) is 26.2 Å². The summed E-state index contributed by atoms with van der Waals surface area (Å²) in [4.78, 5) is 25.5. The van der Waals surface area contributed by atoms with Crippen LogP contribution in [0.4, 0.5) is 0 Å². The number of aromatic nitrogens is 2. The van der Waals surface area contributed by atoms with E-state index in [0.717, 1.165) is 24.8 Å². The predicted octanol–water partition coefficient (Wildman–Crippen LogP) is 1.50. The standard InChI is InChI=1S/C14H21N3O3/c1-4-20-14(19)13-11(8-16(3)15-13)9-17(10(2)18)12-6-5-7-12/h8,12H,4-7,9H2,1-3H3. The molecule has 0 radical (unpaired) electrons. The van der Waals surface area contributed by atoms with Crippen molar-refractivity contribution < 1.29 is 14.3 Å². The van der Waals surface area contributed by atoms with Crippen molar-refractivity contribution in [1.82, 2.24) is 14.7 Å². The van der Waals surface area contributed by atoms with Crippen LogP contribution in [0.1, 0.15) is 49.2 Å². The van der Waals surface area contributed by atoms with E-state index in [4.69, 9.17) is 4.74 Å². The fourth-order valence-electron chi connectivity index (χ4n) is 2.40. The molecule has 1 fully saturated rings. The Kier molecular flexibility index (Phi) is 4.42. The molecule has 0 atom stereocenters. The molecule has 0 bridgehead atoms. The van der Waals surface area contributed by atoms with E-state index >= 15 is 0 Å². The third kappa shape index (κ3) is 3.00. The van der Waals surface area contributed by atoms with E-state index in [0.29, 0.717) is 24.9 Å². The monoisotopic (exact) mass is 279 g/mol. The molecule has 0 aromatic carbocycles. The average molecular weight is 279 g/mol. The Bertz CT molecular complexity index is 506. The number of amides is 1. The molecule has 0 unspecified atom stereocenters. The molecular formula is C14H21N3O3. The highest BCUT2D eigenvalue weighted by Crippen LogP contribution is 2.27. The second-order valence-electron chi connectivity index (χ2n) is 5.13. The van der Waals surface area contributed by atoms with Crippen LogP contribution in [0.3, 0.4) is 0 Å². The third-order valence-corrected chi connectivity index (χ3v) is 3.63. The second-order valence-corrected chi connectivity index (χ2v) is 5.13. The molecule has 1 saturated carbocycles. The zero-order valence-corrected chi connectivity index (χ0v) is 12.3. The topological polar surface area (TPSA) is 64.4 Å². The number of nitrogens with zero attached hydrogens (tertiary/aromatic N) is 3. The molecule has 0 aliphatic heterocycles. The van der Waals surface area contributed by atoms with Crippen LogP contribution in [0.5, 0.6) is 0 Å². The Morgan fingerprint density at radius 2 is 2.20 bits per heavy atom. The number of carbonyl (C=O) groups is 2. The largest absolute Gasteiger partial charge is 0.461 e. The van der Waals surface area contributed by atoms with E-state index in [9.17, 15) is 9.59 Å². The first kappa shape index (κ1) is 14.6. The van der Waals surface area contributed by atoms with Crippen LogP contribution < -0.4 is 0 Å². The van der Waals surface area contributed by atoms with Crippen LogP contribution in [0.2, 0.25) is 0 Å². The Morgan fingerprint density at radius 3 is 2.70 bits per heavy atom. The lowest BCUT2D eigenvalue weighted by Crippen LogP contribution is -2.42. The highest BCUT2D eigenvalue weighted by atomic mass is 16.5. The SMILES string of the molecule is CCOC(=O)c1nn(C)cc1CN(C(C)=O)C1CCC1. The summed E-state index contributed by atoms with van der Waals surface area (Å²) < 4.78 is 6.59. The Balaban J connectivity index is 2.18. The van der Waals surface area contributed by atoms with Gasteiger partial charge in [-0.3, -0.25) is 9.48 Å². The molecule has 6 heteroatoms. The van der Waals surface area contributed by atoms with Gasteiger partial charge in [-0.2, -0.15) is 5.10 Å². The molecule has 0 spiro atoms. The summed E-state index contributed by atoms with van der Waals surface area (Å²) in [6.45, 7) is 4.06. The molecule has 1 heterocycles. The lowest BCUT2D eigenvalue weighted by Gasteiger charge is -2.36. The van der Waals surface area contributed by atoms with Crippen LogP contribution in [-0.2, 0) is 23.1 Å². The van der Waals surface area contributed by atoms with Crippen molar-refractivity contribution in [3.05, 3.63) is 17.5 Å². The number of esters is 1. The van der Waals surface area contributed by atoms with E-state index in [-0.39, 0.29) is 5.91 Å². The van der Waals surface area contributed by atoms with Gasteiger partial charge >= 0.3 is 5.97 Å². The molecule has 1 aromatic heterocycles. The summed E-state index contributed by atoms with van der Waals surface area (Å²) in [6, 6.07) is 0.294. The van der Waals surface area contributed by atoms with Crippen molar-refractivity contribution in [3.8, 4) is 0 Å². The minimum absolute atomic E-state index is 0.0355. The van der Waals surface area contributed by atoms with E-state index in [1.807, 2.05) is 4.90 Å². The molecule has 1 aromatic rings. The number of ether oxygens (including phenoxy) is 1. The third-order valence-electron chi connectivity index (χ3n) is 3.63. The van der Waals surface area contributed by atoms with Crippen molar-refractivity contribution in [1.29, 1.82) is 0 Å². The molecular weight excluding hydrogens is 258 g/mol. The van der Waals surface area contributed by atoms with Crippen molar-refractivity contribution in [2.45, 2.75) is 45.7 Å². The lowest BCUT2D eigenvalue weighted by molar-refractivity contribution is -0.133. The van der Waals surface area contributed by atoms with Crippen molar-refractivity contribution in [2.75, 3.05) is 6.61 Å². The van der Waals surface area contributed by atoms with Gasteiger partial charge in [0, 0.05) is 38.3 Å². The summed E-state index contributed by atoms with van der Waals surface area (Å²) in [6.07, 6.45) is 5.01. The zero-order valence-electron chi connectivity index (χ0n) is 12.3. The molecule has 1 amide bonds. The highest BCUT2D eigenvalue weighted by molar-refractivity contribution is 5.89. The lowest BCUT2D eigenvalue weighted by atomic mass is 9.91. The van der Waals surface area contributed by atoms with Gasteiger partial charge in [0.1, 0.15) is 0 Å². The smallest absolute Gasteiger partial charge is 0.359 e. The van der Waals surface area contributed by atoms with Crippen LogP contribution in [0.25, 0.3) is 0 Å². The first-order valence-electron chi connectivity index (χ1n) is 6.99. The van der Waals surface area contributed by atoms with Crippen LogP contribution in [0, 0.1) is 0 Å². The van der Waals surface area contributed by atoms with Crippen molar-refractivity contribution >= 4 is 11.9 Å². The van der Waals surface area contributed by atoms with E-state index in [2.05, 4.69) is 5.10 Å². The quantitative estimate of drug-likeness (QED) is 0.766. The van der Waals surface area contributed by atoms with Gasteiger partial charge in [0.2, 0.25) is 5.91 Å². The number of carbonyl (C=O) groups excluding carboxylic acids is 2. The normalized spacial score (nSPS) is 14.8. The average Bonchev–Trinajstić information content (AvgIpc) is 2.67. The van der Waals surface area contributed by atoms with E-state index in [1.165, 1.54) is 0 Å². The molecule has 1 aliphatic carbocycles. The van der Waals surface area contributed by atoms with E-state index in [1.54, 1.807) is 31.8 Å².